The van der Waals surface area contributed by atoms with Gasteiger partial charge >= 0.3 is 0 Å². The normalized spacial score (nSPS) is 18.0. The summed E-state index contributed by atoms with van der Waals surface area (Å²) in [5, 5.41) is 12.7. The van der Waals surface area contributed by atoms with Crippen LogP contribution in [-0.2, 0) is 0 Å². The molecule has 0 radical (unpaired) electrons. The monoisotopic (exact) mass is 215 g/mol. The number of rotatable bonds is 1. The van der Waals surface area contributed by atoms with Crippen LogP contribution in [0.25, 0.3) is 11.0 Å². The molecule has 0 aliphatic heterocycles. The molecule has 0 aromatic carbocycles. The molecule has 0 unspecified atom stereocenters. The van der Waals surface area contributed by atoms with E-state index in [1.807, 2.05) is 12.1 Å². The van der Waals surface area contributed by atoms with Crippen molar-refractivity contribution in [2.45, 2.75) is 38.0 Å². The van der Waals surface area contributed by atoms with Gasteiger partial charge in [0.2, 0.25) is 0 Å². The van der Waals surface area contributed by atoms with Crippen LogP contribution < -0.4 is 0 Å². The molecule has 84 valence electrons. The predicted octanol–water partition coefficient (Wildman–Crippen LogP) is 3.43. The number of hydrogen-bond donors (Lipinski definition) is 0. The van der Waals surface area contributed by atoms with E-state index < -0.39 is 0 Å². The van der Waals surface area contributed by atoms with Crippen molar-refractivity contribution in [3.05, 3.63) is 35.3 Å². The van der Waals surface area contributed by atoms with E-state index in [0.29, 0.717) is 11.6 Å². The summed E-state index contributed by atoms with van der Waals surface area (Å²) in [5.41, 5.74) is 1.78. The molecule has 1 aliphatic carbocycles. The van der Waals surface area contributed by atoms with Crippen molar-refractivity contribution in [3.63, 3.8) is 0 Å². The molecular weight excluding hydrogens is 200 g/mol. The third-order valence-corrected chi connectivity index (χ3v) is 3.61. The van der Waals surface area contributed by atoms with Crippen molar-refractivity contribution in [1.82, 2.24) is 9.71 Å². The lowest BCUT2D eigenvalue weighted by Gasteiger charge is -2.21. The van der Waals surface area contributed by atoms with Gasteiger partial charge in [0.15, 0.2) is 0 Å². The summed E-state index contributed by atoms with van der Waals surface area (Å²) in [6, 6.07) is 3.93. The Hall–Kier alpha value is -1.51. The van der Waals surface area contributed by atoms with Gasteiger partial charge < -0.3 is 9.94 Å². The smallest absolute Gasteiger partial charge is 0.135 e. The van der Waals surface area contributed by atoms with Crippen LogP contribution in [0.1, 0.15) is 43.6 Å². The van der Waals surface area contributed by atoms with Crippen LogP contribution in [0.15, 0.2) is 24.5 Å². The molecule has 0 N–H and O–H groups in total. The Morgan fingerprint density at radius 1 is 1.25 bits per heavy atom. The van der Waals surface area contributed by atoms with Gasteiger partial charge in [0, 0.05) is 17.8 Å². The third-order valence-electron chi connectivity index (χ3n) is 3.61. The molecule has 0 atom stereocenters. The van der Waals surface area contributed by atoms with Gasteiger partial charge in [-0.15, -0.1) is 0 Å². The zero-order chi connectivity index (χ0) is 11.0. The number of aromatic nitrogens is 2. The molecule has 1 saturated carbocycles. The Balaban J connectivity index is 2.08. The predicted molar refractivity (Wildman–Crippen MR) is 64.3 cm³/mol. The van der Waals surface area contributed by atoms with Crippen LogP contribution in [-0.4, -0.2) is 9.71 Å². The first-order valence-corrected chi connectivity index (χ1v) is 6.00. The van der Waals surface area contributed by atoms with Crippen molar-refractivity contribution in [2.24, 2.45) is 0 Å². The summed E-state index contributed by atoms with van der Waals surface area (Å²) in [4.78, 5) is 4.15. The molecule has 1 fully saturated rings. The van der Waals surface area contributed by atoms with Gasteiger partial charge in [0.05, 0.1) is 0 Å². The molecule has 3 heteroatoms. The molecule has 0 spiro atoms. The number of pyridine rings is 1. The van der Waals surface area contributed by atoms with E-state index >= 15 is 0 Å². The summed E-state index contributed by atoms with van der Waals surface area (Å²) in [7, 11) is 0. The lowest BCUT2D eigenvalue weighted by atomic mass is 9.84. The van der Waals surface area contributed by atoms with E-state index in [0.717, 1.165) is 10.1 Å². The van der Waals surface area contributed by atoms with Crippen molar-refractivity contribution in [1.29, 1.82) is 0 Å². The zero-order valence-electron chi connectivity index (χ0n) is 9.22. The topological polar surface area (TPSA) is 40.9 Å². The van der Waals surface area contributed by atoms with Gasteiger partial charge in [-0.1, -0.05) is 19.3 Å². The molecule has 2 heterocycles. The van der Waals surface area contributed by atoms with Crippen molar-refractivity contribution >= 4 is 11.0 Å². The first-order valence-electron chi connectivity index (χ1n) is 6.00. The van der Waals surface area contributed by atoms with Crippen LogP contribution in [0.2, 0.25) is 0 Å². The van der Waals surface area contributed by atoms with E-state index in [2.05, 4.69) is 4.98 Å². The molecule has 0 bridgehead atoms. The van der Waals surface area contributed by atoms with E-state index in [4.69, 9.17) is 0 Å². The fourth-order valence-electron chi connectivity index (χ4n) is 2.79. The Morgan fingerprint density at radius 3 is 2.88 bits per heavy atom. The maximum absolute atomic E-state index is 11.7. The molecule has 3 nitrogen and oxygen atoms in total. The molecule has 16 heavy (non-hydrogen) atoms. The average Bonchev–Trinajstić information content (AvgIpc) is 2.69. The van der Waals surface area contributed by atoms with Crippen molar-refractivity contribution in [3.8, 4) is 0 Å². The SMILES string of the molecule is [O-]n1cc(C2CCCCC2)c2cccnc21. The summed E-state index contributed by atoms with van der Waals surface area (Å²) in [6.45, 7) is 0. The molecule has 1 aliphatic rings. The minimum absolute atomic E-state index is 0.565. The van der Waals surface area contributed by atoms with E-state index in [-0.39, 0.29) is 0 Å². The minimum Gasteiger partial charge on any atom is -0.805 e. The zero-order valence-corrected chi connectivity index (χ0v) is 9.22. The maximum Gasteiger partial charge on any atom is 0.135 e. The van der Waals surface area contributed by atoms with Crippen LogP contribution in [0.3, 0.4) is 0 Å². The third kappa shape index (κ3) is 1.47. The van der Waals surface area contributed by atoms with E-state index in [9.17, 15) is 5.21 Å². The summed E-state index contributed by atoms with van der Waals surface area (Å²) in [5.74, 6) is 0.565. The molecular formula is C13H15N2O-. The second kappa shape index (κ2) is 3.81. The Bertz CT molecular complexity index is 498. The Labute approximate surface area is 94.7 Å². The van der Waals surface area contributed by atoms with Gasteiger partial charge in [-0.05, 0) is 36.5 Å². The van der Waals surface area contributed by atoms with Crippen LogP contribution in [0.4, 0.5) is 0 Å². The fourth-order valence-corrected chi connectivity index (χ4v) is 2.79. The quantitative estimate of drug-likeness (QED) is 0.731. The largest absolute Gasteiger partial charge is 0.805 e. The van der Waals surface area contributed by atoms with Gasteiger partial charge in [-0.3, -0.25) is 0 Å². The highest BCUT2D eigenvalue weighted by Gasteiger charge is 2.19. The summed E-state index contributed by atoms with van der Waals surface area (Å²) in [6.07, 6.45) is 9.76. The van der Waals surface area contributed by atoms with E-state index in [1.165, 1.54) is 37.7 Å². The molecule has 0 saturated heterocycles. The number of nitrogens with zero attached hydrogens (tertiary/aromatic N) is 2. The van der Waals surface area contributed by atoms with E-state index in [1.54, 1.807) is 12.4 Å². The van der Waals surface area contributed by atoms with Gasteiger partial charge in [-0.25, -0.2) is 4.98 Å². The summed E-state index contributed by atoms with van der Waals surface area (Å²) < 4.78 is 0.916. The first kappa shape index (κ1) is 9.70. The minimum atomic E-state index is 0.565. The standard InChI is InChI=1S/C13H15N2O/c16-15-9-12(10-5-2-1-3-6-10)11-7-4-8-14-13(11)15/h4,7-10H,1-3,5-6H2/q-1. The van der Waals surface area contributed by atoms with Gasteiger partial charge in [0.1, 0.15) is 5.65 Å². The highest BCUT2D eigenvalue weighted by atomic mass is 16.5. The van der Waals surface area contributed by atoms with Crippen molar-refractivity contribution in [2.75, 3.05) is 0 Å². The fraction of sp³-hybridized carbons (Fsp3) is 0.462. The van der Waals surface area contributed by atoms with Crippen LogP contribution in [0, 0.1) is 5.21 Å². The van der Waals surface area contributed by atoms with Crippen LogP contribution in [0.5, 0.6) is 0 Å². The highest BCUT2D eigenvalue weighted by molar-refractivity contribution is 5.81. The molecule has 3 rings (SSSR count). The average molecular weight is 215 g/mol. The summed E-state index contributed by atoms with van der Waals surface area (Å²) >= 11 is 0. The second-order valence-electron chi connectivity index (χ2n) is 4.62. The Kier molecular flexibility index (Phi) is 2.31. The van der Waals surface area contributed by atoms with Crippen molar-refractivity contribution < 1.29 is 0 Å². The lowest BCUT2D eigenvalue weighted by molar-refractivity contribution is 0.445. The first-order chi connectivity index (χ1) is 7.86. The Morgan fingerprint density at radius 2 is 2.06 bits per heavy atom. The molecule has 2 aromatic rings. The second-order valence-corrected chi connectivity index (χ2v) is 4.62. The van der Waals surface area contributed by atoms with Crippen LogP contribution >= 0.6 is 0 Å². The van der Waals surface area contributed by atoms with Gasteiger partial charge in [0.25, 0.3) is 0 Å². The number of hydrogen-bond acceptors (Lipinski definition) is 2. The molecule has 0 amide bonds. The van der Waals surface area contributed by atoms with Gasteiger partial charge in [-0.2, -0.15) is 0 Å². The lowest BCUT2D eigenvalue weighted by Crippen LogP contribution is -2.03. The highest BCUT2D eigenvalue weighted by Crippen LogP contribution is 2.36. The number of fused-ring (bicyclic) bond motifs is 1. The molecule has 2 aromatic heterocycles. The maximum atomic E-state index is 11.7.